The van der Waals surface area contributed by atoms with E-state index < -0.39 is 29.0 Å². The van der Waals surface area contributed by atoms with Crippen molar-refractivity contribution in [1.82, 2.24) is 4.57 Å². The van der Waals surface area contributed by atoms with Crippen LogP contribution in [0.15, 0.2) is 17.1 Å². The molecule has 2 aromatic rings. The van der Waals surface area contributed by atoms with E-state index in [1.54, 1.807) is 0 Å². The fourth-order valence-corrected chi connectivity index (χ4v) is 3.20. The lowest BCUT2D eigenvalue weighted by Gasteiger charge is -2.39. The van der Waals surface area contributed by atoms with Gasteiger partial charge in [-0.3, -0.25) is 4.79 Å². The Morgan fingerprint density at radius 3 is 2.56 bits per heavy atom. The van der Waals surface area contributed by atoms with Crippen LogP contribution in [0.25, 0.3) is 10.9 Å². The van der Waals surface area contributed by atoms with E-state index in [1.165, 1.54) is 15.7 Å². The van der Waals surface area contributed by atoms with Crippen molar-refractivity contribution in [3.63, 3.8) is 0 Å². The Balaban J connectivity index is 1.98. The van der Waals surface area contributed by atoms with Crippen molar-refractivity contribution in [3.8, 4) is 5.75 Å². The Hall–Kier alpha value is -2.68. The van der Waals surface area contributed by atoms with Crippen molar-refractivity contribution in [2.24, 2.45) is 5.73 Å². The molecule has 1 aliphatic heterocycles. The molecule has 2 fully saturated rings. The molecule has 0 amide bonds. The zero-order valence-electron chi connectivity index (χ0n) is 13.0. The van der Waals surface area contributed by atoms with Crippen LogP contribution in [0.4, 0.5) is 19.3 Å². The van der Waals surface area contributed by atoms with Gasteiger partial charge in [-0.2, -0.15) is 0 Å². The number of aromatic nitrogens is 1. The number of nitrogens with two attached hydrogens (primary N) is 1. The zero-order valence-corrected chi connectivity index (χ0v) is 13.0. The van der Waals surface area contributed by atoms with E-state index in [2.05, 4.69) is 4.74 Å². The first kappa shape index (κ1) is 15.8. The monoisotopic (exact) mass is 351 g/mol. The van der Waals surface area contributed by atoms with E-state index in [0.29, 0.717) is 13.1 Å². The highest BCUT2D eigenvalue weighted by Crippen LogP contribution is 2.40. The largest absolute Gasteiger partial charge is 0.511 e. The smallest absolute Gasteiger partial charge is 0.449 e. The molecule has 0 bridgehead atoms. The second-order valence-corrected chi connectivity index (χ2v) is 6.41. The van der Waals surface area contributed by atoms with Crippen molar-refractivity contribution in [2.45, 2.75) is 24.9 Å². The van der Waals surface area contributed by atoms with Gasteiger partial charge in [0, 0.05) is 25.2 Å². The molecule has 2 heterocycles. The molecule has 25 heavy (non-hydrogen) atoms. The number of anilines is 1. The Morgan fingerprint density at radius 1 is 1.32 bits per heavy atom. The minimum absolute atomic E-state index is 0.0397. The molecule has 1 aromatic carbocycles. The summed E-state index contributed by atoms with van der Waals surface area (Å²) < 4.78 is 35.5. The molecule has 0 unspecified atom stereocenters. The molecule has 9 heteroatoms. The average molecular weight is 351 g/mol. The van der Waals surface area contributed by atoms with Gasteiger partial charge in [-0.25, -0.2) is 13.6 Å². The summed E-state index contributed by atoms with van der Waals surface area (Å²) in [6.07, 6.45) is 1.03. The van der Waals surface area contributed by atoms with Crippen molar-refractivity contribution < 1.29 is 23.4 Å². The van der Waals surface area contributed by atoms with Gasteiger partial charge in [0.05, 0.1) is 17.1 Å². The molecule has 132 valence electrons. The number of pyridine rings is 1. The summed E-state index contributed by atoms with van der Waals surface area (Å²) in [7, 11) is 0. The molecule has 0 spiro atoms. The predicted molar refractivity (Wildman–Crippen MR) is 85.2 cm³/mol. The fraction of sp³-hybridized carbons (Fsp3) is 0.375. The Labute approximate surface area is 140 Å². The van der Waals surface area contributed by atoms with E-state index >= 15 is 4.39 Å². The molecule has 3 N–H and O–H groups in total. The highest BCUT2D eigenvalue weighted by molar-refractivity contribution is 5.86. The third kappa shape index (κ3) is 2.51. The second kappa shape index (κ2) is 5.41. The summed E-state index contributed by atoms with van der Waals surface area (Å²) in [6.45, 7) is 0.653. The number of carbonyl (C=O) groups is 1. The highest BCUT2D eigenvalue weighted by atomic mass is 19.1. The molecule has 1 aliphatic carbocycles. The normalized spacial score (nSPS) is 17.6. The van der Waals surface area contributed by atoms with Crippen molar-refractivity contribution in [3.05, 3.63) is 34.1 Å². The number of fused-ring (bicyclic) bond motifs is 1. The first-order valence-corrected chi connectivity index (χ1v) is 7.85. The van der Waals surface area contributed by atoms with E-state index in [-0.39, 0.29) is 28.7 Å². The molecular formula is C16H15F2N3O4. The van der Waals surface area contributed by atoms with Crippen LogP contribution in [0.5, 0.6) is 5.75 Å². The maximum atomic E-state index is 15.1. The van der Waals surface area contributed by atoms with Crippen LogP contribution in [0.2, 0.25) is 0 Å². The number of halogens is 2. The molecule has 7 nitrogen and oxygen atoms in total. The number of rotatable bonds is 3. The predicted octanol–water partition coefficient (Wildman–Crippen LogP) is 1.82. The number of benzene rings is 1. The van der Waals surface area contributed by atoms with E-state index in [1.807, 2.05) is 0 Å². The van der Waals surface area contributed by atoms with Gasteiger partial charge in [0.1, 0.15) is 11.5 Å². The topological polar surface area (TPSA) is 97.8 Å². The quantitative estimate of drug-likeness (QED) is 0.819. The lowest BCUT2D eigenvalue weighted by Crippen LogP contribution is -2.56. The highest BCUT2D eigenvalue weighted by Gasteiger charge is 2.33. The summed E-state index contributed by atoms with van der Waals surface area (Å²) in [6, 6.07) is 0.713. The van der Waals surface area contributed by atoms with Crippen LogP contribution >= 0.6 is 0 Å². The van der Waals surface area contributed by atoms with Gasteiger partial charge in [-0.1, -0.05) is 0 Å². The minimum atomic E-state index is -1.66. The molecule has 1 saturated carbocycles. The Bertz CT molecular complexity index is 949. The lowest BCUT2D eigenvalue weighted by molar-refractivity contribution is 0.143. The number of ether oxygens (including phenoxy) is 1. The molecule has 1 saturated heterocycles. The molecule has 4 rings (SSSR count). The number of hydrogen-bond donors (Lipinski definition) is 2. The first-order chi connectivity index (χ1) is 11.9. The van der Waals surface area contributed by atoms with Crippen LogP contribution in [0.3, 0.4) is 0 Å². The van der Waals surface area contributed by atoms with Crippen LogP contribution in [-0.2, 0) is 0 Å². The van der Waals surface area contributed by atoms with Gasteiger partial charge in [0.15, 0.2) is 11.6 Å². The van der Waals surface area contributed by atoms with Gasteiger partial charge >= 0.3 is 6.16 Å². The summed E-state index contributed by atoms with van der Waals surface area (Å²) in [4.78, 5) is 24.7. The number of hydrogen-bond acceptors (Lipinski definition) is 5. The molecule has 1 aromatic heterocycles. The Kier molecular flexibility index (Phi) is 3.43. The van der Waals surface area contributed by atoms with Gasteiger partial charge < -0.3 is 25.0 Å². The standard InChI is InChI=1S/C16H15F2N3O4/c17-10-3-9-13(12(18)14(10)20-4-7(19)5-20)21(8-1-2-8)6-11(15(9)22)25-16(23)24/h3,6-8H,1-2,4-5,19H2,(H,23,24). The summed E-state index contributed by atoms with van der Waals surface area (Å²) >= 11 is 0. The van der Waals surface area contributed by atoms with Gasteiger partial charge in [-0.15, -0.1) is 0 Å². The maximum absolute atomic E-state index is 15.1. The minimum Gasteiger partial charge on any atom is -0.449 e. The van der Waals surface area contributed by atoms with Crippen molar-refractivity contribution in [1.29, 1.82) is 0 Å². The lowest BCUT2D eigenvalue weighted by atomic mass is 10.1. The number of carboxylic acid groups (broad SMARTS) is 1. The van der Waals surface area contributed by atoms with Gasteiger partial charge in [0.2, 0.25) is 5.43 Å². The van der Waals surface area contributed by atoms with Gasteiger partial charge in [0.25, 0.3) is 0 Å². The van der Waals surface area contributed by atoms with Crippen LogP contribution in [0.1, 0.15) is 18.9 Å². The summed E-state index contributed by atoms with van der Waals surface area (Å²) in [5, 5.41) is 8.52. The van der Waals surface area contributed by atoms with Crippen LogP contribution < -0.4 is 20.8 Å². The van der Waals surface area contributed by atoms with Crippen LogP contribution in [-0.4, -0.2) is 35.0 Å². The van der Waals surface area contributed by atoms with E-state index in [4.69, 9.17) is 10.8 Å². The third-order valence-electron chi connectivity index (χ3n) is 4.51. The van der Waals surface area contributed by atoms with Crippen LogP contribution in [0, 0.1) is 11.6 Å². The Morgan fingerprint density at radius 2 is 2.00 bits per heavy atom. The van der Waals surface area contributed by atoms with Crippen molar-refractivity contribution in [2.75, 3.05) is 18.0 Å². The molecule has 0 radical (unpaired) electrons. The first-order valence-electron chi connectivity index (χ1n) is 7.85. The fourth-order valence-electron chi connectivity index (χ4n) is 3.20. The molecular weight excluding hydrogens is 336 g/mol. The second-order valence-electron chi connectivity index (χ2n) is 6.41. The van der Waals surface area contributed by atoms with Gasteiger partial charge in [-0.05, 0) is 18.9 Å². The van der Waals surface area contributed by atoms with E-state index in [9.17, 15) is 14.0 Å². The maximum Gasteiger partial charge on any atom is 0.511 e. The van der Waals surface area contributed by atoms with E-state index in [0.717, 1.165) is 18.9 Å². The summed E-state index contributed by atoms with van der Waals surface area (Å²) in [5.74, 6) is -2.19. The molecule has 0 atom stereocenters. The van der Waals surface area contributed by atoms with Crippen molar-refractivity contribution >= 4 is 22.7 Å². The average Bonchev–Trinajstić information content (AvgIpc) is 3.32. The SMILES string of the molecule is NC1CN(c2c(F)cc3c(=O)c(OC(=O)O)cn(C4CC4)c3c2F)C1. The molecule has 2 aliphatic rings. The number of nitrogens with zero attached hydrogens (tertiary/aromatic N) is 2. The summed E-state index contributed by atoms with van der Waals surface area (Å²) in [5.41, 5.74) is 4.57. The third-order valence-corrected chi connectivity index (χ3v) is 4.51. The zero-order chi connectivity index (χ0) is 17.9.